The van der Waals surface area contributed by atoms with Crippen LogP contribution in [0, 0.1) is 0 Å². The Bertz CT molecular complexity index is 507. The van der Waals surface area contributed by atoms with Gasteiger partial charge >= 0.3 is 5.97 Å². The molecule has 20 heavy (non-hydrogen) atoms. The van der Waals surface area contributed by atoms with Crippen molar-refractivity contribution in [1.29, 1.82) is 0 Å². The minimum Gasteiger partial charge on any atom is -0.464 e. The number of carbonyl (C=O) groups excluding carboxylic acids is 2. The third-order valence-electron chi connectivity index (χ3n) is 3.31. The summed E-state index contributed by atoms with van der Waals surface area (Å²) in [5.41, 5.74) is 0.476. The second-order valence-electron chi connectivity index (χ2n) is 4.60. The highest BCUT2D eigenvalue weighted by Crippen LogP contribution is 2.23. The molecule has 0 saturated carbocycles. The topological polar surface area (TPSA) is 59.5 Å². The van der Waals surface area contributed by atoms with Crippen LogP contribution in [0.3, 0.4) is 0 Å². The van der Waals surface area contributed by atoms with Gasteiger partial charge < -0.3 is 9.64 Å². The van der Waals surface area contributed by atoms with Crippen molar-refractivity contribution in [3.05, 3.63) is 28.5 Å². The number of likely N-dealkylation sites (tertiary alicyclic amines) is 1. The number of ether oxygens (including phenoxy) is 1. The second-order valence-corrected chi connectivity index (χ2v) is 5.36. The highest BCUT2D eigenvalue weighted by Gasteiger charge is 2.34. The molecule has 1 aromatic rings. The van der Waals surface area contributed by atoms with Crippen LogP contribution in [0.5, 0.6) is 0 Å². The minimum atomic E-state index is -0.483. The average molecular weight is 341 g/mol. The van der Waals surface area contributed by atoms with E-state index in [9.17, 15) is 9.59 Å². The van der Waals surface area contributed by atoms with Gasteiger partial charge in [-0.15, -0.1) is 0 Å². The van der Waals surface area contributed by atoms with Crippen molar-refractivity contribution in [2.24, 2.45) is 0 Å². The summed E-state index contributed by atoms with van der Waals surface area (Å²) >= 11 is 3.28. The van der Waals surface area contributed by atoms with Gasteiger partial charge in [0.1, 0.15) is 10.6 Å². The van der Waals surface area contributed by atoms with Crippen molar-refractivity contribution < 1.29 is 14.3 Å². The Morgan fingerprint density at radius 1 is 1.50 bits per heavy atom. The van der Waals surface area contributed by atoms with E-state index in [-0.39, 0.29) is 11.9 Å². The lowest BCUT2D eigenvalue weighted by Crippen LogP contribution is -2.48. The molecule has 0 aliphatic carbocycles. The zero-order valence-electron chi connectivity index (χ0n) is 11.3. The van der Waals surface area contributed by atoms with Crippen LogP contribution in [0.4, 0.5) is 0 Å². The number of hydrogen-bond acceptors (Lipinski definition) is 4. The fourth-order valence-electron chi connectivity index (χ4n) is 2.36. The molecule has 1 fully saturated rings. The number of piperidine rings is 1. The van der Waals surface area contributed by atoms with E-state index in [0.29, 0.717) is 29.7 Å². The summed E-state index contributed by atoms with van der Waals surface area (Å²) in [5, 5.41) is 0. The first kappa shape index (κ1) is 15.0. The molecule has 6 heteroatoms. The summed E-state index contributed by atoms with van der Waals surface area (Å²) in [6, 6.07) is 2.93. The zero-order valence-corrected chi connectivity index (χ0v) is 12.9. The molecule has 1 aliphatic rings. The molecule has 2 heterocycles. The van der Waals surface area contributed by atoms with Crippen LogP contribution < -0.4 is 0 Å². The third kappa shape index (κ3) is 3.17. The second kappa shape index (κ2) is 6.83. The Hall–Kier alpha value is -1.43. The number of esters is 1. The maximum atomic E-state index is 12.6. The molecule has 1 atom stereocenters. The summed E-state index contributed by atoms with van der Waals surface area (Å²) < 4.78 is 5.57. The van der Waals surface area contributed by atoms with Crippen molar-refractivity contribution >= 4 is 27.8 Å². The van der Waals surface area contributed by atoms with Gasteiger partial charge in [-0.05, 0) is 54.2 Å². The number of pyridine rings is 1. The molecule has 5 nitrogen and oxygen atoms in total. The fourth-order valence-corrected chi connectivity index (χ4v) is 2.78. The first-order valence-corrected chi connectivity index (χ1v) is 7.52. The van der Waals surface area contributed by atoms with Gasteiger partial charge in [0.2, 0.25) is 0 Å². The van der Waals surface area contributed by atoms with Crippen LogP contribution in [0.25, 0.3) is 0 Å². The molecule has 0 spiro atoms. The lowest BCUT2D eigenvalue weighted by atomic mass is 10.0. The Morgan fingerprint density at radius 3 is 3.00 bits per heavy atom. The molecule has 1 unspecified atom stereocenters. The van der Waals surface area contributed by atoms with E-state index in [1.54, 1.807) is 30.2 Å². The summed E-state index contributed by atoms with van der Waals surface area (Å²) in [6.45, 7) is 2.67. The van der Waals surface area contributed by atoms with E-state index in [4.69, 9.17) is 4.74 Å². The van der Waals surface area contributed by atoms with Crippen molar-refractivity contribution in [1.82, 2.24) is 9.88 Å². The summed E-state index contributed by atoms with van der Waals surface area (Å²) in [7, 11) is 0. The van der Waals surface area contributed by atoms with Crippen molar-refractivity contribution in [3.63, 3.8) is 0 Å². The number of carbonyl (C=O) groups is 2. The highest BCUT2D eigenvalue weighted by molar-refractivity contribution is 9.10. The Morgan fingerprint density at radius 2 is 2.30 bits per heavy atom. The first-order valence-electron chi connectivity index (χ1n) is 6.73. The highest BCUT2D eigenvalue weighted by atomic mass is 79.9. The molecular formula is C14H17BrN2O3. The molecular weight excluding hydrogens is 324 g/mol. The van der Waals surface area contributed by atoms with Gasteiger partial charge in [-0.2, -0.15) is 0 Å². The standard InChI is InChI=1S/C14H17BrN2O3/c1-2-20-14(19)11-7-3-4-9-17(11)13(18)10-6-5-8-16-12(10)15/h5-6,8,11H,2-4,7,9H2,1H3. The Balaban J connectivity index is 2.22. The quantitative estimate of drug-likeness (QED) is 0.626. The number of hydrogen-bond donors (Lipinski definition) is 0. The van der Waals surface area contributed by atoms with Crippen LogP contribution in [-0.2, 0) is 9.53 Å². The molecule has 2 rings (SSSR count). The van der Waals surface area contributed by atoms with Gasteiger partial charge in [-0.1, -0.05) is 0 Å². The van der Waals surface area contributed by atoms with Crippen LogP contribution in [-0.4, -0.2) is 41.0 Å². The lowest BCUT2D eigenvalue weighted by Gasteiger charge is -2.34. The van der Waals surface area contributed by atoms with Gasteiger partial charge in [0.05, 0.1) is 12.2 Å². The van der Waals surface area contributed by atoms with Crippen molar-refractivity contribution in [2.75, 3.05) is 13.2 Å². The summed E-state index contributed by atoms with van der Waals surface area (Å²) in [6.07, 6.45) is 4.10. The van der Waals surface area contributed by atoms with Gasteiger partial charge in [-0.25, -0.2) is 9.78 Å². The van der Waals surface area contributed by atoms with Crippen LogP contribution in [0.15, 0.2) is 22.9 Å². The van der Waals surface area contributed by atoms with Gasteiger partial charge in [-0.3, -0.25) is 4.79 Å². The van der Waals surface area contributed by atoms with Crippen LogP contribution in [0.2, 0.25) is 0 Å². The Kier molecular flexibility index (Phi) is 5.11. The van der Waals surface area contributed by atoms with Gasteiger partial charge in [0, 0.05) is 12.7 Å². The molecule has 0 bridgehead atoms. The van der Waals surface area contributed by atoms with Gasteiger partial charge in [0.15, 0.2) is 0 Å². The number of nitrogens with zero attached hydrogens (tertiary/aromatic N) is 2. The summed E-state index contributed by atoms with van der Waals surface area (Å²) in [5.74, 6) is -0.497. The maximum absolute atomic E-state index is 12.6. The van der Waals surface area contributed by atoms with E-state index >= 15 is 0 Å². The molecule has 108 valence electrons. The van der Waals surface area contributed by atoms with Gasteiger partial charge in [0.25, 0.3) is 5.91 Å². The Labute approximate surface area is 126 Å². The van der Waals surface area contributed by atoms with Crippen molar-refractivity contribution in [2.45, 2.75) is 32.2 Å². The largest absolute Gasteiger partial charge is 0.464 e. The number of amides is 1. The molecule has 0 N–H and O–H groups in total. The monoisotopic (exact) mass is 340 g/mol. The predicted molar refractivity (Wildman–Crippen MR) is 77.2 cm³/mol. The summed E-state index contributed by atoms with van der Waals surface area (Å²) in [4.78, 5) is 30.2. The number of halogens is 1. The smallest absolute Gasteiger partial charge is 0.328 e. The fraction of sp³-hybridized carbons (Fsp3) is 0.500. The minimum absolute atomic E-state index is 0.178. The SMILES string of the molecule is CCOC(=O)C1CCCCN1C(=O)c1cccnc1Br. The van der Waals surface area contributed by atoms with Crippen LogP contribution >= 0.6 is 15.9 Å². The third-order valence-corrected chi connectivity index (χ3v) is 3.94. The van der Waals surface area contributed by atoms with Crippen molar-refractivity contribution in [3.8, 4) is 0 Å². The van der Waals surface area contributed by atoms with E-state index in [1.807, 2.05) is 0 Å². The molecule has 1 aromatic heterocycles. The lowest BCUT2D eigenvalue weighted by molar-refractivity contribution is -0.149. The molecule has 1 aliphatic heterocycles. The predicted octanol–water partition coefficient (Wildman–Crippen LogP) is 2.40. The first-order chi connectivity index (χ1) is 9.65. The maximum Gasteiger partial charge on any atom is 0.328 e. The molecule has 1 amide bonds. The number of aromatic nitrogens is 1. The molecule has 0 radical (unpaired) electrons. The average Bonchev–Trinajstić information content (AvgIpc) is 2.47. The van der Waals surface area contributed by atoms with Crippen LogP contribution in [0.1, 0.15) is 36.5 Å². The number of rotatable bonds is 3. The van der Waals surface area contributed by atoms with E-state index in [0.717, 1.165) is 12.8 Å². The van der Waals surface area contributed by atoms with E-state index < -0.39 is 6.04 Å². The normalized spacial score (nSPS) is 18.7. The molecule has 1 saturated heterocycles. The van der Waals surface area contributed by atoms with E-state index in [2.05, 4.69) is 20.9 Å². The molecule has 0 aromatic carbocycles. The van der Waals surface area contributed by atoms with E-state index in [1.165, 1.54) is 0 Å². The zero-order chi connectivity index (χ0) is 14.5.